The maximum absolute atomic E-state index is 9.00. The highest BCUT2D eigenvalue weighted by atomic mass is 16.5. The summed E-state index contributed by atoms with van der Waals surface area (Å²) in [5.41, 5.74) is -0.0833. The summed E-state index contributed by atoms with van der Waals surface area (Å²) in [6.07, 6.45) is 1.09. The Morgan fingerprint density at radius 1 is 1.36 bits per heavy atom. The Labute approximate surface area is 59.9 Å². The maximum atomic E-state index is 9.00. The van der Waals surface area contributed by atoms with E-state index < -0.39 is 11.8 Å². The van der Waals surface area contributed by atoms with Crippen molar-refractivity contribution in [2.24, 2.45) is 0 Å². The number of rotatable bonds is 0. The first-order valence-electron chi connectivity index (χ1n) is 2.78. The first-order valence-corrected chi connectivity index (χ1v) is 2.78. The SMILES string of the molecule is Oc1cn2c(O)noc2c1O. The largest absolute Gasteiger partial charge is 0.503 e. The van der Waals surface area contributed by atoms with Crippen LogP contribution in [0.15, 0.2) is 10.7 Å². The fraction of sp³-hybridized carbons (Fsp3) is 0. The zero-order valence-corrected chi connectivity index (χ0v) is 5.22. The number of hydrogen-bond acceptors (Lipinski definition) is 5. The van der Waals surface area contributed by atoms with Crippen molar-refractivity contribution >= 4 is 5.71 Å². The molecular weight excluding hydrogens is 152 g/mol. The molecule has 2 aromatic heterocycles. The second-order valence-electron chi connectivity index (χ2n) is 2.02. The van der Waals surface area contributed by atoms with Crippen molar-refractivity contribution in [3.05, 3.63) is 6.20 Å². The van der Waals surface area contributed by atoms with Gasteiger partial charge in [-0.3, -0.25) is 0 Å². The number of aromatic nitrogens is 2. The van der Waals surface area contributed by atoms with Crippen molar-refractivity contribution in [2.45, 2.75) is 0 Å². The van der Waals surface area contributed by atoms with Gasteiger partial charge in [-0.05, 0) is 5.16 Å². The van der Waals surface area contributed by atoms with Crippen LogP contribution in [0.5, 0.6) is 17.5 Å². The fourth-order valence-electron chi connectivity index (χ4n) is 0.830. The van der Waals surface area contributed by atoms with E-state index >= 15 is 0 Å². The Hall–Kier alpha value is -1.85. The molecule has 0 bridgehead atoms. The summed E-state index contributed by atoms with van der Waals surface area (Å²) in [6, 6.07) is -0.421. The number of hydrogen-bond donors (Lipinski definition) is 3. The molecule has 0 amide bonds. The van der Waals surface area contributed by atoms with Crippen LogP contribution < -0.4 is 0 Å². The standard InChI is InChI=1S/C5H4N2O4/c8-2-1-7-4(3(2)9)11-6-5(7)10/h1,8-9H,(H,6,10). The smallest absolute Gasteiger partial charge is 0.336 e. The van der Waals surface area contributed by atoms with Crippen molar-refractivity contribution in [2.75, 3.05) is 0 Å². The number of aromatic hydroxyl groups is 3. The number of nitrogens with zero attached hydrogens (tertiary/aromatic N) is 2. The summed E-state index contributed by atoms with van der Waals surface area (Å²) < 4.78 is 5.47. The number of fused-ring (bicyclic) bond motifs is 1. The lowest BCUT2D eigenvalue weighted by molar-refractivity contribution is 0.356. The molecule has 2 rings (SSSR count). The van der Waals surface area contributed by atoms with Crippen molar-refractivity contribution in [3.63, 3.8) is 0 Å². The molecule has 2 heterocycles. The van der Waals surface area contributed by atoms with Crippen LogP contribution >= 0.6 is 0 Å². The van der Waals surface area contributed by atoms with E-state index in [4.69, 9.17) is 15.3 Å². The van der Waals surface area contributed by atoms with Crippen LogP contribution in [0.2, 0.25) is 0 Å². The van der Waals surface area contributed by atoms with Crippen LogP contribution in [-0.2, 0) is 0 Å². The van der Waals surface area contributed by atoms with E-state index in [1.165, 1.54) is 0 Å². The average Bonchev–Trinajstić information content (AvgIpc) is 2.43. The highest BCUT2D eigenvalue weighted by molar-refractivity contribution is 5.59. The Kier molecular flexibility index (Phi) is 0.857. The van der Waals surface area contributed by atoms with Crippen molar-refractivity contribution in [1.29, 1.82) is 0 Å². The van der Waals surface area contributed by atoms with Crippen LogP contribution in [0.3, 0.4) is 0 Å². The van der Waals surface area contributed by atoms with E-state index in [-0.39, 0.29) is 11.5 Å². The molecule has 2 aromatic rings. The van der Waals surface area contributed by atoms with Crippen LogP contribution in [0.1, 0.15) is 0 Å². The van der Waals surface area contributed by atoms with Crippen LogP contribution in [-0.4, -0.2) is 24.9 Å². The second-order valence-corrected chi connectivity index (χ2v) is 2.02. The highest BCUT2D eigenvalue weighted by Crippen LogP contribution is 2.33. The maximum Gasteiger partial charge on any atom is 0.336 e. The molecule has 0 fully saturated rings. The predicted octanol–water partition coefficient (Wildman–Crippen LogP) is 0.0441. The van der Waals surface area contributed by atoms with Crippen molar-refractivity contribution in [1.82, 2.24) is 9.56 Å². The fourth-order valence-corrected chi connectivity index (χ4v) is 0.830. The zero-order valence-electron chi connectivity index (χ0n) is 5.22. The average molecular weight is 156 g/mol. The van der Waals surface area contributed by atoms with Gasteiger partial charge in [-0.25, -0.2) is 4.40 Å². The van der Waals surface area contributed by atoms with Crippen LogP contribution in [0.4, 0.5) is 0 Å². The molecular formula is C5H4N2O4. The molecule has 0 saturated heterocycles. The van der Waals surface area contributed by atoms with E-state index in [1.807, 2.05) is 0 Å². The van der Waals surface area contributed by atoms with E-state index in [1.54, 1.807) is 0 Å². The van der Waals surface area contributed by atoms with Gasteiger partial charge in [0.1, 0.15) is 0 Å². The Bertz CT molecular complexity index is 402. The third-order valence-electron chi connectivity index (χ3n) is 1.34. The molecule has 0 aromatic carbocycles. The molecule has 0 unspecified atom stereocenters. The van der Waals surface area contributed by atoms with Gasteiger partial charge in [-0.1, -0.05) is 0 Å². The van der Waals surface area contributed by atoms with Gasteiger partial charge in [0.25, 0.3) is 5.71 Å². The van der Waals surface area contributed by atoms with E-state index in [9.17, 15) is 0 Å². The van der Waals surface area contributed by atoms with Gasteiger partial charge in [0.2, 0.25) is 5.75 Å². The van der Waals surface area contributed by atoms with Crippen LogP contribution in [0, 0.1) is 0 Å². The lowest BCUT2D eigenvalue weighted by atomic mass is 10.5. The summed E-state index contributed by atoms with van der Waals surface area (Å²) in [4.78, 5) is 0. The Morgan fingerprint density at radius 2 is 2.09 bits per heavy atom. The molecule has 0 aliphatic carbocycles. The first kappa shape index (κ1) is 5.90. The first-order chi connectivity index (χ1) is 5.20. The van der Waals surface area contributed by atoms with Gasteiger partial charge in [0, 0.05) is 0 Å². The van der Waals surface area contributed by atoms with E-state index in [2.05, 4.69) is 9.68 Å². The van der Waals surface area contributed by atoms with Gasteiger partial charge in [-0.15, -0.1) is 0 Å². The topological polar surface area (TPSA) is 91.1 Å². The molecule has 0 atom stereocenters. The summed E-state index contributed by atoms with van der Waals surface area (Å²) in [5.74, 6) is -0.792. The molecule has 6 nitrogen and oxygen atoms in total. The second kappa shape index (κ2) is 1.60. The quantitative estimate of drug-likeness (QED) is 0.501. The minimum absolute atomic E-state index is 0.0833. The summed E-state index contributed by atoms with van der Waals surface area (Å²) in [6.45, 7) is 0. The van der Waals surface area contributed by atoms with Crippen molar-refractivity contribution in [3.8, 4) is 17.5 Å². The van der Waals surface area contributed by atoms with Gasteiger partial charge >= 0.3 is 6.01 Å². The third kappa shape index (κ3) is 0.575. The van der Waals surface area contributed by atoms with Crippen LogP contribution in [0.25, 0.3) is 5.71 Å². The van der Waals surface area contributed by atoms with E-state index in [0.29, 0.717) is 0 Å². The summed E-state index contributed by atoms with van der Waals surface area (Å²) >= 11 is 0. The van der Waals surface area contributed by atoms with E-state index in [0.717, 1.165) is 10.6 Å². The molecule has 0 saturated carbocycles. The molecule has 0 radical (unpaired) electrons. The Morgan fingerprint density at radius 3 is 2.73 bits per heavy atom. The lowest BCUT2D eigenvalue weighted by Crippen LogP contribution is -1.73. The molecule has 11 heavy (non-hydrogen) atoms. The third-order valence-corrected chi connectivity index (χ3v) is 1.34. The highest BCUT2D eigenvalue weighted by Gasteiger charge is 2.15. The molecule has 6 heteroatoms. The minimum atomic E-state index is -0.433. The van der Waals surface area contributed by atoms with Gasteiger partial charge in [0.05, 0.1) is 6.20 Å². The van der Waals surface area contributed by atoms with Gasteiger partial charge in [-0.2, -0.15) is 0 Å². The molecule has 0 spiro atoms. The summed E-state index contributed by atoms with van der Waals surface area (Å²) in [7, 11) is 0. The van der Waals surface area contributed by atoms with Crippen molar-refractivity contribution < 1.29 is 19.8 Å². The molecule has 0 aliphatic heterocycles. The lowest BCUT2D eigenvalue weighted by Gasteiger charge is -1.80. The van der Waals surface area contributed by atoms with Gasteiger partial charge in [0.15, 0.2) is 5.75 Å². The Balaban J connectivity index is 2.93. The minimum Gasteiger partial charge on any atom is -0.503 e. The monoisotopic (exact) mass is 156 g/mol. The summed E-state index contributed by atoms with van der Waals surface area (Å²) in [5, 5.41) is 29.9. The predicted molar refractivity (Wildman–Crippen MR) is 32.5 cm³/mol. The molecule has 0 aliphatic rings. The molecule has 3 N–H and O–H groups in total. The van der Waals surface area contributed by atoms with Gasteiger partial charge < -0.3 is 19.8 Å². The normalized spacial score (nSPS) is 10.9. The zero-order chi connectivity index (χ0) is 8.01. The molecule has 58 valence electrons.